The lowest BCUT2D eigenvalue weighted by Gasteiger charge is -2.28. The molecule has 1 aliphatic heterocycles. The molecule has 138 valence electrons. The summed E-state index contributed by atoms with van der Waals surface area (Å²) < 4.78 is 21.4. The van der Waals surface area contributed by atoms with E-state index in [0.29, 0.717) is 23.7 Å². The largest absolute Gasteiger partial charge is 0.493 e. The summed E-state index contributed by atoms with van der Waals surface area (Å²) in [5.74, 6) is 1.79. The van der Waals surface area contributed by atoms with E-state index in [4.69, 9.17) is 18.9 Å². The minimum absolute atomic E-state index is 0.0545. The van der Waals surface area contributed by atoms with Crippen molar-refractivity contribution < 1.29 is 23.7 Å². The molecule has 0 bridgehead atoms. The van der Waals surface area contributed by atoms with Crippen LogP contribution in [0.5, 0.6) is 17.2 Å². The molecule has 3 rings (SSSR count). The average molecular weight is 357 g/mol. The van der Waals surface area contributed by atoms with E-state index in [0.717, 1.165) is 24.3 Å². The monoisotopic (exact) mass is 357 g/mol. The fourth-order valence-electron chi connectivity index (χ4n) is 3.10. The molecule has 0 amide bonds. The Labute approximate surface area is 153 Å². The second-order valence-corrected chi connectivity index (χ2v) is 5.99. The number of benzene rings is 2. The Bertz CT molecular complexity index is 773. The Morgan fingerprint density at radius 1 is 1.08 bits per heavy atom. The third kappa shape index (κ3) is 3.75. The second kappa shape index (κ2) is 8.10. The Morgan fingerprint density at radius 3 is 2.42 bits per heavy atom. The molecule has 2 aromatic carbocycles. The van der Waals surface area contributed by atoms with Crippen molar-refractivity contribution in [2.24, 2.45) is 0 Å². The molecule has 0 saturated carbocycles. The van der Waals surface area contributed by atoms with Crippen molar-refractivity contribution >= 4 is 5.97 Å². The van der Waals surface area contributed by atoms with Crippen LogP contribution in [0, 0.1) is 0 Å². The molecule has 1 heterocycles. The van der Waals surface area contributed by atoms with Crippen LogP contribution in [-0.4, -0.2) is 40.5 Å². The van der Waals surface area contributed by atoms with Crippen LogP contribution in [-0.2, 0) is 11.2 Å². The zero-order chi connectivity index (χ0) is 18.5. The van der Waals surface area contributed by atoms with E-state index in [9.17, 15) is 4.79 Å². The third-order valence-electron chi connectivity index (χ3n) is 4.50. The van der Waals surface area contributed by atoms with Crippen LogP contribution in [0.2, 0.25) is 0 Å². The zero-order valence-electron chi connectivity index (χ0n) is 15.2. The Hall–Kier alpha value is -2.73. The summed E-state index contributed by atoms with van der Waals surface area (Å²) >= 11 is 0. The van der Waals surface area contributed by atoms with Gasteiger partial charge in [-0.15, -0.1) is 0 Å². The summed E-state index contributed by atoms with van der Waals surface area (Å²) in [5.41, 5.74) is 2.88. The highest BCUT2D eigenvalue weighted by Gasteiger charge is 2.23. The van der Waals surface area contributed by atoms with Crippen molar-refractivity contribution in [3.8, 4) is 17.2 Å². The highest BCUT2D eigenvalue weighted by molar-refractivity contribution is 5.89. The van der Waals surface area contributed by atoms with Crippen molar-refractivity contribution in [2.45, 2.75) is 12.5 Å². The number of fused-ring (bicyclic) bond motifs is 1. The molecule has 0 spiro atoms. The average Bonchev–Trinajstić information content (AvgIpc) is 2.70. The molecule has 0 fully saturated rings. The number of nitrogens with one attached hydrogen (secondary N) is 1. The molecule has 0 radical (unpaired) electrons. The van der Waals surface area contributed by atoms with E-state index in [1.54, 1.807) is 38.5 Å². The zero-order valence-corrected chi connectivity index (χ0v) is 15.2. The molecular formula is C20H23NO5. The van der Waals surface area contributed by atoms with Crippen molar-refractivity contribution in [3.05, 3.63) is 53.1 Å². The standard InChI is InChI=1S/C20H23NO5/c1-23-18-10-14-8-9-21-17(16(14)11-19(18)24-2)12-26-15-6-4-13(5-7-15)20(22)25-3/h4-7,10-11,17,21H,8-9,12H2,1-3H3/t17-/m1/s1. The lowest BCUT2D eigenvalue weighted by Crippen LogP contribution is -2.33. The summed E-state index contributed by atoms with van der Waals surface area (Å²) in [6.45, 7) is 1.35. The number of ether oxygens (including phenoxy) is 4. The molecule has 1 aliphatic rings. The van der Waals surface area contributed by atoms with Gasteiger partial charge in [-0.1, -0.05) is 0 Å². The minimum Gasteiger partial charge on any atom is -0.493 e. The van der Waals surface area contributed by atoms with Crippen LogP contribution in [0.25, 0.3) is 0 Å². The summed E-state index contributed by atoms with van der Waals surface area (Å²) in [5, 5.41) is 3.48. The maximum atomic E-state index is 11.5. The van der Waals surface area contributed by atoms with Crippen molar-refractivity contribution in [1.29, 1.82) is 0 Å². The first-order chi connectivity index (χ1) is 12.7. The number of hydrogen-bond acceptors (Lipinski definition) is 6. The minimum atomic E-state index is -0.361. The molecule has 1 N–H and O–H groups in total. The number of carbonyl (C=O) groups excluding carboxylic acids is 1. The van der Waals surface area contributed by atoms with Crippen molar-refractivity contribution in [3.63, 3.8) is 0 Å². The normalized spacial score (nSPS) is 15.7. The topological polar surface area (TPSA) is 66.0 Å². The third-order valence-corrected chi connectivity index (χ3v) is 4.50. The van der Waals surface area contributed by atoms with Crippen LogP contribution >= 0.6 is 0 Å². The number of rotatable bonds is 6. The molecule has 0 aliphatic carbocycles. The first kappa shape index (κ1) is 18.1. The van der Waals surface area contributed by atoms with Crippen LogP contribution in [0.3, 0.4) is 0 Å². The predicted octanol–water partition coefficient (Wildman–Crippen LogP) is 2.76. The van der Waals surface area contributed by atoms with Crippen molar-refractivity contribution in [1.82, 2.24) is 5.32 Å². The van der Waals surface area contributed by atoms with Gasteiger partial charge in [0.2, 0.25) is 0 Å². The van der Waals surface area contributed by atoms with E-state index in [2.05, 4.69) is 5.32 Å². The molecule has 6 nitrogen and oxygen atoms in total. The summed E-state index contributed by atoms with van der Waals surface area (Å²) in [7, 11) is 4.64. The van der Waals surface area contributed by atoms with Gasteiger partial charge in [-0.2, -0.15) is 0 Å². The maximum absolute atomic E-state index is 11.5. The second-order valence-electron chi connectivity index (χ2n) is 5.99. The highest BCUT2D eigenvalue weighted by Crippen LogP contribution is 2.35. The van der Waals surface area contributed by atoms with E-state index in [-0.39, 0.29) is 12.0 Å². The van der Waals surface area contributed by atoms with Gasteiger partial charge in [0.15, 0.2) is 11.5 Å². The first-order valence-electron chi connectivity index (χ1n) is 8.45. The Kier molecular flexibility index (Phi) is 5.63. The Morgan fingerprint density at radius 2 is 1.77 bits per heavy atom. The molecule has 2 aromatic rings. The predicted molar refractivity (Wildman–Crippen MR) is 97.3 cm³/mol. The van der Waals surface area contributed by atoms with E-state index < -0.39 is 0 Å². The van der Waals surface area contributed by atoms with Gasteiger partial charge in [-0.05, 0) is 60.5 Å². The van der Waals surface area contributed by atoms with Gasteiger partial charge in [-0.3, -0.25) is 0 Å². The first-order valence-corrected chi connectivity index (χ1v) is 8.45. The smallest absolute Gasteiger partial charge is 0.337 e. The van der Waals surface area contributed by atoms with Gasteiger partial charge in [-0.25, -0.2) is 4.79 Å². The van der Waals surface area contributed by atoms with Crippen molar-refractivity contribution in [2.75, 3.05) is 34.5 Å². The fourth-order valence-corrected chi connectivity index (χ4v) is 3.10. The molecule has 0 aromatic heterocycles. The van der Waals surface area contributed by atoms with Gasteiger partial charge >= 0.3 is 5.97 Å². The number of hydrogen-bond donors (Lipinski definition) is 1. The Balaban J connectivity index is 1.73. The SMILES string of the molecule is COC(=O)c1ccc(OC[C@H]2NCCc3cc(OC)c(OC)cc32)cc1. The number of methoxy groups -OCH3 is 3. The number of carbonyl (C=O) groups is 1. The molecule has 6 heteroatoms. The van der Waals surface area contributed by atoms with Gasteiger partial charge in [0.25, 0.3) is 0 Å². The van der Waals surface area contributed by atoms with Gasteiger partial charge < -0.3 is 24.3 Å². The van der Waals surface area contributed by atoms with E-state index in [1.807, 2.05) is 12.1 Å². The molecule has 1 atom stereocenters. The van der Waals surface area contributed by atoms with Crippen LogP contribution in [0.1, 0.15) is 27.5 Å². The van der Waals surface area contributed by atoms with E-state index >= 15 is 0 Å². The van der Waals surface area contributed by atoms with Crippen LogP contribution < -0.4 is 19.5 Å². The molecular weight excluding hydrogens is 334 g/mol. The van der Waals surface area contributed by atoms with Crippen LogP contribution in [0.15, 0.2) is 36.4 Å². The fraction of sp³-hybridized carbons (Fsp3) is 0.350. The van der Waals surface area contributed by atoms with E-state index in [1.165, 1.54) is 12.7 Å². The van der Waals surface area contributed by atoms with Crippen LogP contribution in [0.4, 0.5) is 0 Å². The lowest BCUT2D eigenvalue weighted by molar-refractivity contribution is 0.0600. The molecule has 0 unspecified atom stereocenters. The quantitative estimate of drug-likeness (QED) is 0.802. The summed E-state index contributed by atoms with van der Waals surface area (Å²) in [6.07, 6.45) is 0.931. The molecule has 0 saturated heterocycles. The lowest BCUT2D eigenvalue weighted by atomic mass is 9.94. The van der Waals surface area contributed by atoms with Gasteiger partial charge in [0.05, 0.1) is 32.9 Å². The van der Waals surface area contributed by atoms with Gasteiger partial charge in [0, 0.05) is 0 Å². The maximum Gasteiger partial charge on any atom is 0.337 e. The molecule has 26 heavy (non-hydrogen) atoms. The number of esters is 1. The van der Waals surface area contributed by atoms with Gasteiger partial charge in [0.1, 0.15) is 12.4 Å². The highest BCUT2D eigenvalue weighted by atomic mass is 16.5. The summed E-state index contributed by atoms with van der Waals surface area (Å²) in [4.78, 5) is 11.5. The summed E-state index contributed by atoms with van der Waals surface area (Å²) in [6, 6.07) is 11.0.